The number of ketones is 2. The van der Waals surface area contributed by atoms with E-state index in [2.05, 4.69) is 5.32 Å². The van der Waals surface area contributed by atoms with Gasteiger partial charge in [-0.05, 0) is 0 Å². The zero-order valence-electron chi connectivity index (χ0n) is 14.9. The molecule has 1 N–H and O–H groups in total. The van der Waals surface area contributed by atoms with Crippen LogP contribution < -0.4 is 5.32 Å². The van der Waals surface area contributed by atoms with E-state index in [-0.39, 0.29) is 35.7 Å². The van der Waals surface area contributed by atoms with Crippen molar-refractivity contribution in [2.24, 2.45) is 10.8 Å². The Hall–Kier alpha value is -1.23. The number of hydrogen-bond donors (Lipinski definition) is 1. The van der Waals surface area contributed by atoms with Crippen molar-refractivity contribution in [2.45, 2.75) is 60.8 Å². The molecule has 0 aromatic carbocycles. The monoisotopic (exact) mass is 313 g/mol. The number of carbonyl (C=O) groups excluding carboxylic acids is 3. The number of rotatable bonds is 9. The van der Waals surface area contributed by atoms with Gasteiger partial charge in [0.15, 0.2) is 0 Å². The maximum Gasteiger partial charge on any atom is 0.220 e. The standard InChI is InChI=1S/C17H31NO4/c1-16(2,3)13(19)7-8-15(21)18-10-12-22-11-9-14(20)17(4,5)6/h7-12H2,1-6H3,(H,18,21). The minimum absolute atomic E-state index is 0.0830. The third-order valence-electron chi connectivity index (χ3n) is 3.29. The van der Waals surface area contributed by atoms with Crippen LogP contribution in [0.25, 0.3) is 0 Å². The zero-order chi connectivity index (χ0) is 17.4. The lowest BCUT2D eigenvalue weighted by Crippen LogP contribution is -2.29. The van der Waals surface area contributed by atoms with Crippen LogP contribution in [-0.4, -0.2) is 37.2 Å². The quantitative estimate of drug-likeness (QED) is 0.664. The van der Waals surface area contributed by atoms with Gasteiger partial charge in [-0.2, -0.15) is 0 Å². The van der Waals surface area contributed by atoms with Crippen LogP contribution in [0.5, 0.6) is 0 Å². The third-order valence-corrected chi connectivity index (χ3v) is 3.29. The van der Waals surface area contributed by atoms with Gasteiger partial charge in [0.2, 0.25) is 5.91 Å². The maximum absolute atomic E-state index is 11.7. The summed E-state index contributed by atoms with van der Waals surface area (Å²) in [7, 11) is 0. The van der Waals surface area contributed by atoms with Gasteiger partial charge in [0, 0.05) is 36.6 Å². The van der Waals surface area contributed by atoms with Gasteiger partial charge in [-0.3, -0.25) is 14.4 Å². The molecule has 0 saturated carbocycles. The van der Waals surface area contributed by atoms with E-state index >= 15 is 0 Å². The van der Waals surface area contributed by atoms with E-state index in [0.29, 0.717) is 26.2 Å². The summed E-state index contributed by atoms with van der Waals surface area (Å²) in [6.07, 6.45) is 0.854. The average molecular weight is 313 g/mol. The molecule has 0 spiro atoms. The largest absolute Gasteiger partial charge is 0.379 e. The van der Waals surface area contributed by atoms with E-state index in [9.17, 15) is 14.4 Å². The first-order valence-electron chi connectivity index (χ1n) is 7.85. The molecule has 0 bridgehead atoms. The van der Waals surface area contributed by atoms with E-state index < -0.39 is 5.41 Å². The molecule has 0 aromatic heterocycles. The first-order chi connectivity index (χ1) is 9.94. The van der Waals surface area contributed by atoms with E-state index in [1.807, 2.05) is 41.5 Å². The molecule has 0 aliphatic rings. The molecule has 5 heteroatoms. The molecule has 0 unspecified atom stereocenters. The van der Waals surface area contributed by atoms with Crippen molar-refractivity contribution < 1.29 is 19.1 Å². The fourth-order valence-corrected chi connectivity index (χ4v) is 1.59. The van der Waals surface area contributed by atoms with Crippen LogP contribution in [0.15, 0.2) is 0 Å². The minimum atomic E-state index is -0.400. The summed E-state index contributed by atoms with van der Waals surface area (Å²) in [5, 5.41) is 2.71. The summed E-state index contributed by atoms with van der Waals surface area (Å²) in [5.41, 5.74) is -0.736. The van der Waals surface area contributed by atoms with Gasteiger partial charge in [0.25, 0.3) is 0 Å². The number of amides is 1. The molecule has 0 aliphatic heterocycles. The topological polar surface area (TPSA) is 72.5 Å². The second kappa shape index (κ2) is 9.03. The molecule has 0 saturated heterocycles. The molecule has 1 amide bonds. The summed E-state index contributed by atoms with van der Waals surface area (Å²) in [4.78, 5) is 34.9. The predicted molar refractivity (Wildman–Crippen MR) is 86.6 cm³/mol. The Morgan fingerprint density at radius 2 is 1.27 bits per heavy atom. The normalized spacial score (nSPS) is 12.1. The van der Waals surface area contributed by atoms with E-state index in [1.54, 1.807) is 0 Å². The number of carbonyl (C=O) groups is 3. The van der Waals surface area contributed by atoms with Crippen molar-refractivity contribution in [1.82, 2.24) is 5.32 Å². The first kappa shape index (κ1) is 20.8. The molecule has 0 atom stereocenters. The SMILES string of the molecule is CC(C)(C)C(=O)CCOCCNC(=O)CCC(=O)C(C)(C)C. The number of Topliss-reactive ketones (excluding diaryl/α,β-unsaturated/α-hetero) is 2. The zero-order valence-corrected chi connectivity index (χ0v) is 14.9. The summed E-state index contributed by atoms with van der Waals surface area (Å²) in [6, 6.07) is 0. The van der Waals surface area contributed by atoms with Gasteiger partial charge < -0.3 is 10.1 Å². The Kier molecular flexibility index (Phi) is 8.53. The summed E-state index contributed by atoms with van der Waals surface area (Å²) < 4.78 is 5.33. The molecule has 0 heterocycles. The highest BCUT2D eigenvalue weighted by molar-refractivity contribution is 5.88. The Morgan fingerprint density at radius 3 is 1.77 bits per heavy atom. The lowest BCUT2D eigenvalue weighted by molar-refractivity contribution is -0.129. The van der Waals surface area contributed by atoms with E-state index in [1.165, 1.54) is 0 Å². The average Bonchev–Trinajstić information content (AvgIpc) is 2.37. The second-order valence-electron chi connectivity index (χ2n) is 7.56. The van der Waals surface area contributed by atoms with Crippen molar-refractivity contribution in [3.05, 3.63) is 0 Å². The van der Waals surface area contributed by atoms with Crippen LogP contribution in [0, 0.1) is 10.8 Å². The highest BCUT2D eigenvalue weighted by Gasteiger charge is 2.21. The maximum atomic E-state index is 11.7. The van der Waals surface area contributed by atoms with Crippen LogP contribution in [-0.2, 0) is 19.1 Å². The summed E-state index contributed by atoms with van der Waals surface area (Å²) in [6.45, 7) is 12.3. The van der Waals surface area contributed by atoms with Crippen LogP contribution in [0.4, 0.5) is 0 Å². The molecular weight excluding hydrogens is 282 g/mol. The molecular formula is C17H31NO4. The van der Waals surface area contributed by atoms with Crippen molar-refractivity contribution in [3.63, 3.8) is 0 Å². The van der Waals surface area contributed by atoms with Gasteiger partial charge in [0.1, 0.15) is 11.6 Å². The molecule has 0 aromatic rings. The lowest BCUT2D eigenvalue weighted by atomic mass is 9.88. The van der Waals surface area contributed by atoms with Crippen LogP contribution in [0.3, 0.4) is 0 Å². The van der Waals surface area contributed by atoms with Crippen molar-refractivity contribution in [1.29, 1.82) is 0 Å². The molecule has 22 heavy (non-hydrogen) atoms. The van der Waals surface area contributed by atoms with Crippen molar-refractivity contribution in [2.75, 3.05) is 19.8 Å². The smallest absolute Gasteiger partial charge is 0.220 e. The molecule has 0 aliphatic carbocycles. The Balaban J connectivity index is 3.66. The van der Waals surface area contributed by atoms with E-state index in [0.717, 1.165) is 0 Å². The van der Waals surface area contributed by atoms with Crippen molar-refractivity contribution >= 4 is 17.5 Å². The van der Waals surface area contributed by atoms with Crippen LogP contribution >= 0.6 is 0 Å². The molecule has 0 rings (SSSR count). The molecule has 128 valence electrons. The van der Waals surface area contributed by atoms with Gasteiger partial charge >= 0.3 is 0 Å². The summed E-state index contributed by atoms with van der Waals surface area (Å²) in [5.74, 6) is 0.101. The lowest BCUT2D eigenvalue weighted by Gasteiger charge is -2.16. The van der Waals surface area contributed by atoms with E-state index in [4.69, 9.17) is 4.74 Å². The van der Waals surface area contributed by atoms with Crippen LogP contribution in [0.2, 0.25) is 0 Å². The van der Waals surface area contributed by atoms with Gasteiger partial charge in [-0.1, -0.05) is 41.5 Å². The first-order valence-corrected chi connectivity index (χ1v) is 7.85. The third kappa shape index (κ3) is 9.66. The van der Waals surface area contributed by atoms with Gasteiger partial charge in [0.05, 0.1) is 13.2 Å². The molecule has 0 fully saturated rings. The van der Waals surface area contributed by atoms with Gasteiger partial charge in [-0.25, -0.2) is 0 Å². The highest BCUT2D eigenvalue weighted by Crippen LogP contribution is 2.17. The Bertz CT molecular complexity index is 388. The number of hydrogen-bond acceptors (Lipinski definition) is 4. The summed E-state index contributed by atoms with van der Waals surface area (Å²) >= 11 is 0. The Morgan fingerprint density at radius 1 is 0.773 bits per heavy atom. The highest BCUT2D eigenvalue weighted by atomic mass is 16.5. The second-order valence-corrected chi connectivity index (χ2v) is 7.56. The number of nitrogens with one attached hydrogen (secondary N) is 1. The minimum Gasteiger partial charge on any atom is -0.379 e. The Labute approximate surface area is 134 Å². The van der Waals surface area contributed by atoms with Crippen molar-refractivity contribution in [3.8, 4) is 0 Å². The fraction of sp³-hybridized carbons (Fsp3) is 0.824. The number of ether oxygens (including phenoxy) is 1. The fourth-order valence-electron chi connectivity index (χ4n) is 1.59. The van der Waals surface area contributed by atoms with Crippen LogP contribution in [0.1, 0.15) is 60.8 Å². The predicted octanol–water partition coefficient (Wildman–Crippen LogP) is 2.52. The molecule has 0 radical (unpaired) electrons. The van der Waals surface area contributed by atoms with Gasteiger partial charge in [-0.15, -0.1) is 0 Å². The molecule has 5 nitrogen and oxygen atoms in total.